The number of esters is 1. The predicted molar refractivity (Wildman–Crippen MR) is 106 cm³/mol. The molecule has 1 aromatic carbocycles. The number of aliphatic hydroxyl groups excluding tert-OH is 2. The van der Waals surface area contributed by atoms with Crippen LogP contribution in [0.5, 0.6) is 0 Å². The van der Waals surface area contributed by atoms with E-state index in [9.17, 15) is 19.8 Å². The first kappa shape index (κ1) is 26.0. The van der Waals surface area contributed by atoms with Crippen LogP contribution in [0.4, 0.5) is 0 Å². The zero-order valence-corrected chi connectivity index (χ0v) is 17.3. The van der Waals surface area contributed by atoms with Crippen molar-refractivity contribution in [3.05, 3.63) is 34.9 Å². The van der Waals surface area contributed by atoms with Gasteiger partial charge in [-0.2, -0.15) is 0 Å². The highest BCUT2D eigenvalue weighted by Gasteiger charge is 2.24. The second-order valence-corrected chi connectivity index (χ2v) is 5.95. The summed E-state index contributed by atoms with van der Waals surface area (Å²) in [5.41, 5.74) is 1.83. The standard InChI is InChI=1S/C17H24O6.C4H10O/c1-3-5-8-22-16(20)13-6-7-14(12(4-2)9-13)15(10-18)17(21)23-11-19;1-3-5-4-2/h6-7,9,11,15,17-18,21H,3-5,8,10H2,1-2H3;3-4H2,1-2H3. The van der Waals surface area contributed by atoms with E-state index >= 15 is 0 Å². The van der Waals surface area contributed by atoms with Crippen LogP contribution in [0.1, 0.15) is 67.9 Å². The summed E-state index contributed by atoms with van der Waals surface area (Å²) in [7, 11) is 0. The van der Waals surface area contributed by atoms with Gasteiger partial charge in [0.2, 0.25) is 6.29 Å². The highest BCUT2D eigenvalue weighted by Crippen LogP contribution is 2.25. The number of hydrogen-bond donors (Lipinski definition) is 2. The lowest BCUT2D eigenvalue weighted by Gasteiger charge is -2.22. The highest BCUT2D eigenvalue weighted by molar-refractivity contribution is 5.89. The third-order valence-electron chi connectivity index (χ3n) is 4.03. The molecule has 0 heterocycles. The van der Waals surface area contributed by atoms with Crippen LogP contribution in [0.15, 0.2) is 18.2 Å². The van der Waals surface area contributed by atoms with Crippen molar-refractivity contribution in [2.45, 2.75) is 59.2 Å². The van der Waals surface area contributed by atoms with Gasteiger partial charge in [-0.25, -0.2) is 4.79 Å². The molecule has 0 amide bonds. The molecule has 0 radical (unpaired) electrons. The van der Waals surface area contributed by atoms with E-state index in [4.69, 9.17) is 9.47 Å². The molecule has 1 rings (SSSR count). The molecule has 2 atom stereocenters. The van der Waals surface area contributed by atoms with E-state index in [1.807, 2.05) is 27.7 Å². The minimum atomic E-state index is -1.44. The molecule has 0 saturated heterocycles. The molecule has 0 aliphatic rings. The number of hydrogen-bond acceptors (Lipinski definition) is 7. The van der Waals surface area contributed by atoms with Crippen molar-refractivity contribution in [1.29, 1.82) is 0 Å². The van der Waals surface area contributed by atoms with Gasteiger partial charge in [-0.3, -0.25) is 4.79 Å². The molecule has 2 N–H and O–H groups in total. The van der Waals surface area contributed by atoms with Crippen LogP contribution < -0.4 is 0 Å². The maximum Gasteiger partial charge on any atom is 0.338 e. The molecule has 7 heteroatoms. The van der Waals surface area contributed by atoms with Crippen molar-refractivity contribution < 1.29 is 34.0 Å². The zero-order chi connectivity index (χ0) is 21.4. The Kier molecular flexibility index (Phi) is 14.9. The molecule has 0 bridgehead atoms. The Bertz CT molecular complexity index is 558. The van der Waals surface area contributed by atoms with Crippen LogP contribution in [0.3, 0.4) is 0 Å². The lowest BCUT2D eigenvalue weighted by molar-refractivity contribution is -0.157. The molecule has 0 fully saturated rings. The van der Waals surface area contributed by atoms with Crippen molar-refractivity contribution in [2.24, 2.45) is 0 Å². The number of ether oxygens (including phenoxy) is 3. The van der Waals surface area contributed by atoms with Crippen LogP contribution in [0.2, 0.25) is 0 Å². The Morgan fingerprint density at radius 3 is 2.32 bits per heavy atom. The molecule has 0 aromatic heterocycles. The summed E-state index contributed by atoms with van der Waals surface area (Å²) in [4.78, 5) is 22.3. The fourth-order valence-corrected chi connectivity index (χ4v) is 2.49. The van der Waals surface area contributed by atoms with Crippen molar-refractivity contribution in [3.63, 3.8) is 0 Å². The molecule has 7 nitrogen and oxygen atoms in total. The molecule has 0 spiro atoms. The van der Waals surface area contributed by atoms with Gasteiger partial charge >= 0.3 is 5.97 Å². The van der Waals surface area contributed by atoms with Crippen LogP contribution in [0, 0.1) is 0 Å². The van der Waals surface area contributed by atoms with Crippen molar-refractivity contribution in [3.8, 4) is 0 Å². The lowest BCUT2D eigenvalue weighted by Crippen LogP contribution is -2.25. The van der Waals surface area contributed by atoms with E-state index in [1.54, 1.807) is 18.2 Å². The Morgan fingerprint density at radius 1 is 1.18 bits per heavy atom. The Hall–Kier alpha value is -1.96. The van der Waals surface area contributed by atoms with Crippen molar-refractivity contribution in [1.82, 2.24) is 0 Å². The van der Waals surface area contributed by atoms with Crippen molar-refractivity contribution in [2.75, 3.05) is 26.4 Å². The summed E-state index contributed by atoms with van der Waals surface area (Å²) in [6.45, 7) is 9.70. The van der Waals surface area contributed by atoms with Gasteiger partial charge in [0.05, 0.1) is 24.7 Å². The lowest BCUT2D eigenvalue weighted by atomic mass is 9.91. The summed E-state index contributed by atoms with van der Waals surface area (Å²) in [5.74, 6) is -1.16. The number of benzene rings is 1. The number of carbonyl (C=O) groups is 2. The quantitative estimate of drug-likeness (QED) is 0.241. The highest BCUT2D eigenvalue weighted by atomic mass is 16.6. The first-order valence-electron chi connectivity index (χ1n) is 9.76. The fourth-order valence-electron chi connectivity index (χ4n) is 2.49. The van der Waals surface area contributed by atoms with Gasteiger partial charge in [0, 0.05) is 13.2 Å². The average Bonchev–Trinajstić information content (AvgIpc) is 2.70. The normalized spacial score (nSPS) is 12.4. The number of unbranched alkanes of at least 4 members (excludes halogenated alkanes) is 1. The fraction of sp³-hybridized carbons (Fsp3) is 0.619. The van der Waals surface area contributed by atoms with Gasteiger partial charge in [-0.15, -0.1) is 0 Å². The van der Waals surface area contributed by atoms with E-state index in [-0.39, 0.29) is 13.1 Å². The van der Waals surface area contributed by atoms with Gasteiger partial charge in [0.1, 0.15) is 0 Å². The topological polar surface area (TPSA) is 102 Å². The molecular formula is C21H34O7. The number of carbonyl (C=O) groups excluding carboxylic acids is 2. The third kappa shape index (κ3) is 9.30. The average molecular weight is 398 g/mol. The smallest absolute Gasteiger partial charge is 0.338 e. The molecule has 1 aromatic rings. The monoisotopic (exact) mass is 398 g/mol. The summed E-state index contributed by atoms with van der Waals surface area (Å²) in [6, 6.07) is 4.91. The summed E-state index contributed by atoms with van der Waals surface area (Å²) >= 11 is 0. The molecule has 28 heavy (non-hydrogen) atoms. The number of aryl methyl sites for hydroxylation is 1. The SMILES string of the molecule is CCCCOC(=O)c1ccc(C(CO)C(O)OC=O)c(CC)c1.CCOCC. The summed E-state index contributed by atoms with van der Waals surface area (Å²) < 4.78 is 14.5. The van der Waals surface area contributed by atoms with Gasteiger partial charge in [0.25, 0.3) is 6.47 Å². The number of aliphatic hydroxyl groups is 2. The Balaban J connectivity index is 0.00000129. The second kappa shape index (κ2) is 16.0. The van der Waals surface area contributed by atoms with Gasteiger partial charge < -0.3 is 24.4 Å². The first-order valence-corrected chi connectivity index (χ1v) is 9.76. The second-order valence-electron chi connectivity index (χ2n) is 5.95. The molecule has 0 aliphatic carbocycles. The molecule has 0 saturated carbocycles. The van der Waals surface area contributed by atoms with Gasteiger partial charge in [-0.05, 0) is 49.9 Å². The van der Waals surface area contributed by atoms with E-state index in [0.29, 0.717) is 24.2 Å². The van der Waals surface area contributed by atoms with E-state index in [2.05, 4.69) is 4.74 Å². The molecule has 2 unspecified atom stereocenters. The van der Waals surface area contributed by atoms with E-state index in [0.717, 1.165) is 31.6 Å². The molecule has 0 aliphatic heterocycles. The first-order chi connectivity index (χ1) is 13.5. The molecular weight excluding hydrogens is 364 g/mol. The van der Waals surface area contributed by atoms with Crippen LogP contribution in [0.25, 0.3) is 0 Å². The van der Waals surface area contributed by atoms with E-state index < -0.39 is 18.2 Å². The Labute approximate surface area is 167 Å². The maximum absolute atomic E-state index is 12.0. The van der Waals surface area contributed by atoms with Gasteiger partial charge in [0.15, 0.2) is 0 Å². The summed E-state index contributed by atoms with van der Waals surface area (Å²) in [6.07, 6.45) is 0.909. The summed E-state index contributed by atoms with van der Waals surface area (Å²) in [5, 5.41) is 19.3. The van der Waals surface area contributed by atoms with Crippen LogP contribution >= 0.6 is 0 Å². The van der Waals surface area contributed by atoms with Gasteiger partial charge in [-0.1, -0.05) is 26.3 Å². The van der Waals surface area contributed by atoms with Crippen LogP contribution in [-0.4, -0.2) is 55.4 Å². The number of rotatable bonds is 12. The molecule has 160 valence electrons. The zero-order valence-electron chi connectivity index (χ0n) is 17.3. The van der Waals surface area contributed by atoms with Crippen molar-refractivity contribution >= 4 is 12.4 Å². The largest absolute Gasteiger partial charge is 0.462 e. The Morgan fingerprint density at radius 2 is 1.86 bits per heavy atom. The van der Waals surface area contributed by atoms with E-state index in [1.165, 1.54) is 0 Å². The minimum Gasteiger partial charge on any atom is -0.462 e. The predicted octanol–water partition coefficient (Wildman–Crippen LogP) is 2.82. The van der Waals surface area contributed by atoms with Crippen LogP contribution in [-0.2, 0) is 25.4 Å². The minimum absolute atomic E-state index is 0.137. The third-order valence-corrected chi connectivity index (χ3v) is 4.03. The maximum atomic E-state index is 12.0.